The second-order valence-electron chi connectivity index (χ2n) is 5.66. The van der Waals surface area contributed by atoms with Crippen molar-refractivity contribution in [2.45, 2.75) is 39.2 Å². The fourth-order valence-corrected chi connectivity index (χ4v) is 2.05. The Morgan fingerprint density at radius 3 is 2.74 bits per heavy atom. The first-order valence-electron chi connectivity index (χ1n) is 6.38. The zero-order valence-electron chi connectivity index (χ0n) is 12.1. The van der Waals surface area contributed by atoms with Crippen molar-refractivity contribution in [3.8, 4) is 0 Å². The van der Waals surface area contributed by atoms with Crippen molar-refractivity contribution in [2.24, 2.45) is 0 Å². The molecule has 0 saturated carbocycles. The van der Waals surface area contributed by atoms with Crippen molar-refractivity contribution >= 4 is 14.1 Å². The molecule has 1 aromatic heterocycles. The lowest BCUT2D eigenvalue weighted by atomic mass is 10.4. The van der Waals surface area contributed by atoms with E-state index in [1.54, 1.807) is 6.07 Å². The summed E-state index contributed by atoms with van der Waals surface area (Å²) in [6, 6.07) is 2.60. The summed E-state index contributed by atoms with van der Waals surface area (Å²) in [5.41, 5.74) is 0.798. The van der Waals surface area contributed by atoms with E-state index in [1.165, 1.54) is 0 Å². The Labute approximate surface area is 114 Å². The smallest absolute Gasteiger partial charge is 0.316 e. The van der Waals surface area contributed by atoms with Crippen LogP contribution in [0.5, 0.6) is 0 Å². The van der Waals surface area contributed by atoms with Gasteiger partial charge >= 0.3 is 6.03 Å². The van der Waals surface area contributed by atoms with E-state index in [-0.39, 0.29) is 12.8 Å². The molecule has 108 valence electrons. The molecule has 0 saturated heterocycles. The summed E-state index contributed by atoms with van der Waals surface area (Å²) in [5.74, 6) is 0.632. The van der Waals surface area contributed by atoms with Crippen molar-refractivity contribution in [1.82, 2.24) is 15.8 Å². The van der Waals surface area contributed by atoms with Gasteiger partial charge in [-0.05, 0) is 13.0 Å². The molecular weight excluding hydrogens is 262 g/mol. The average Bonchev–Trinajstić information content (AvgIpc) is 2.70. The number of nitrogens with zero attached hydrogens (tertiary/aromatic N) is 1. The molecule has 6 nitrogen and oxygen atoms in total. The van der Waals surface area contributed by atoms with Gasteiger partial charge in [-0.3, -0.25) is 0 Å². The van der Waals surface area contributed by atoms with Crippen LogP contribution in [0.15, 0.2) is 10.6 Å². The number of urea groups is 1. The lowest BCUT2D eigenvalue weighted by molar-refractivity contribution is 0.131. The van der Waals surface area contributed by atoms with Crippen molar-refractivity contribution in [1.29, 1.82) is 0 Å². The molecule has 0 aliphatic heterocycles. The van der Waals surface area contributed by atoms with Gasteiger partial charge in [0.25, 0.3) is 0 Å². The molecule has 19 heavy (non-hydrogen) atoms. The SMILES string of the molecule is Cc1cc(CNC(=O)NCOCC[Si](C)(C)C)on1. The maximum atomic E-state index is 11.4. The first kappa shape index (κ1) is 15.7. The van der Waals surface area contributed by atoms with Gasteiger partial charge in [0.1, 0.15) is 6.73 Å². The summed E-state index contributed by atoms with van der Waals surface area (Å²) >= 11 is 0. The molecule has 1 aromatic rings. The number of aryl methyl sites for hydroxylation is 1. The number of carbonyl (C=O) groups is 1. The van der Waals surface area contributed by atoms with Crippen molar-refractivity contribution < 1.29 is 14.1 Å². The van der Waals surface area contributed by atoms with E-state index in [0.29, 0.717) is 18.9 Å². The summed E-state index contributed by atoms with van der Waals surface area (Å²) in [6.07, 6.45) is 0. The summed E-state index contributed by atoms with van der Waals surface area (Å²) in [7, 11) is -1.06. The third kappa shape index (κ3) is 7.63. The van der Waals surface area contributed by atoms with Crippen LogP contribution in [0.4, 0.5) is 4.79 Å². The fraction of sp³-hybridized carbons (Fsp3) is 0.667. The van der Waals surface area contributed by atoms with Crippen LogP contribution in [-0.2, 0) is 11.3 Å². The summed E-state index contributed by atoms with van der Waals surface area (Å²) in [5, 5.41) is 9.03. The Morgan fingerprint density at radius 2 is 2.16 bits per heavy atom. The van der Waals surface area contributed by atoms with E-state index in [1.807, 2.05) is 6.92 Å². The van der Waals surface area contributed by atoms with Gasteiger partial charge in [-0.25, -0.2) is 4.79 Å². The molecule has 7 heteroatoms. The first-order chi connectivity index (χ1) is 8.87. The van der Waals surface area contributed by atoms with E-state index in [2.05, 4.69) is 35.4 Å². The minimum atomic E-state index is -1.06. The molecule has 0 fully saturated rings. The average molecular weight is 285 g/mol. The molecule has 0 radical (unpaired) electrons. The third-order valence-corrected chi connectivity index (χ3v) is 4.14. The summed E-state index contributed by atoms with van der Waals surface area (Å²) in [6.45, 7) is 9.94. The molecule has 0 spiro atoms. The highest BCUT2D eigenvalue weighted by molar-refractivity contribution is 6.76. The van der Waals surface area contributed by atoms with E-state index in [4.69, 9.17) is 9.26 Å². The summed E-state index contributed by atoms with van der Waals surface area (Å²) < 4.78 is 10.3. The summed E-state index contributed by atoms with van der Waals surface area (Å²) in [4.78, 5) is 11.4. The highest BCUT2D eigenvalue weighted by atomic mass is 28.3. The van der Waals surface area contributed by atoms with Crippen LogP contribution in [0.25, 0.3) is 0 Å². The molecule has 0 atom stereocenters. The standard InChI is InChI=1S/C12H23N3O3Si/c1-10-7-11(18-15-10)8-13-12(16)14-9-17-5-6-19(2,3)4/h7H,5-6,8-9H2,1-4H3,(H2,13,14,16). The monoisotopic (exact) mass is 285 g/mol. The van der Waals surface area contributed by atoms with Crippen molar-refractivity contribution in [2.75, 3.05) is 13.3 Å². The van der Waals surface area contributed by atoms with Crippen molar-refractivity contribution in [3.63, 3.8) is 0 Å². The molecule has 0 bridgehead atoms. The predicted octanol–water partition coefficient (Wildman–Crippen LogP) is 2.09. The van der Waals surface area contributed by atoms with Gasteiger partial charge in [0.15, 0.2) is 5.76 Å². The molecule has 1 rings (SSSR count). The van der Waals surface area contributed by atoms with Gasteiger partial charge in [-0.1, -0.05) is 24.8 Å². The predicted molar refractivity (Wildman–Crippen MR) is 75.6 cm³/mol. The molecule has 0 aromatic carbocycles. The minimum Gasteiger partial charge on any atom is -0.361 e. The Morgan fingerprint density at radius 1 is 1.42 bits per heavy atom. The van der Waals surface area contributed by atoms with Crippen LogP contribution in [0, 0.1) is 6.92 Å². The second kappa shape index (κ2) is 7.30. The van der Waals surface area contributed by atoms with Gasteiger partial charge in [-0.2, -0.15) is 0 Å². The maximum absolute atomic E-state index is 11.4. The molecule has 0 unspecified atom stereocenters. The Balaban J connectivity index is 2.05. The quantitative estimate of drug-likeness (QED) is 0.457. The zero-order valence-corrected chi connectivity index (χ0v) is 13.1. The number of hydrogen-bond acceptors (Lipinski definition) is 4. The van der Waals surface area contributed by atoms with E-state index in [9.17, 15) is 4.79 Å². The van der Waals surface area contributed by atoms with Crippen LogP contribution in [0.3, 0.4) is 0 Å². The normalized spacial score (nSPS) is 11.4. The lowest BCUT2D eigenvalue weighted by Crippen LogP contribution is -2.36. The Kier molecular flexibility index (Phi) is 6.03. The maximum Gasteiger partial charge on any atom is 0.316 e. The number of aromatic nitrogens is 1. The molecule has 0 aliphatic carbocycles. The molecular formula is C12H23N3O3Si. The van der Waals surface area contributed by atoms with Crippen molar-refractivity contribution in [3.05, 3.63) is 17.5 Å². The van der Waals surface area contributed by atoms with E-state index >= 15 is 0 Å². The third-order valence-electron chi connectivity index (χ3n) is 2.43. The van der Waals surface area contributed by atoms with Crippen LogP contribution < -0.4 is 10.6 Å². The highest BCUT2D eigenvalue weighted by Crippen LogP contribution is 2.07. The molecule has 2 N–H and O–H groups in total. The van der Waals surface area contributed by atoms with Gasteiger partial charge in [-0.15, -0.1) is 0 Å². The number of hydrogen-bond donors (Lipinski definition) is 2. The molecule has 0 aliphatic rings. The number of nitrogens with one attached hydrogen (secondary N) is 2. The van der Waals surface area contributed by atoms with Crippen LogP contribution >= 0.6 is 0 Å². The number of carbonyl (C=O) groups excluding carboxylic acids is 1. The fourth-order valence-electron chi connectivity index (χ4n) is 1.30. The highest BCUT2D eigenvalue weighted by Gasteiger charge is 2.12. The van der Waals surface area contributed by atoms with Gasteiger partial charge in [0.05, 0.1) is 12.2 Å². The Hall–Kier alpha value is -1.34. The second-order valence-corrected chi connectivity index (χ2v) is 11.3. The lowest BCUT2D eigenvalue weighted by Gasteiger charge is -2.15. The largest absolute Gasteiger partial charge is 0.361 e. The molecule has 1 heterocycles. The topological polar surface area (TPSA) is 76.4 Å². The number of rotatable bonds is 7. The van der Waals surface area contributed by atoms with E-state index < -0.39 is 8.07 Å². The number of amides is 2. The van der Waals surface area contributed by atoms with Crippen LogP contribution in [0.1, 0.15) is 11.5 Å². The Bertz CT molecular complexity index is 401. The minimum absolute atomic E-state index is 0.228. The van der Waals surface area contributed by atoms with Gasteiger partial charge in [0, 0.05) is 20.7 Å². The van der Waals surface area contributed by atoms with Crippen LogP contribution in [-0.4, -0.2) is 32.6 Å². The molecule has 2 amide bonds. The van der Waals surface area contributed by atoms with Gasteiger partial charge in [0.2, 0.25) is 0 Å². The van der Waals surface area contributed by atoms with Crippen LogP contribution in [0.2, 0.25) is 25.7 Å². The zero-order chi connectivity index (χ0) is 14.3. The first-order valence-corrected chi connectivity index (χ1v) is 10.1. The number of ether oxygens (including phenoxy) is 1. The van der Waals surface area contributed by atoms with Gasteiger partial charge < -0.3 is 19.9 Å². The van der Waals surface area contributed by atoms with E-state index in [0.717, 1.165) is 11.7 Å².